The molecule has 1 saturated carbocycles. The van der Waals surface area contributed by atoms with Gasteiger partial charge in [-0.25, -0.2) is 0 Å². The quantitative estimate of drug-likeness (QED) is 0.670. The second-order valence-electron chi connectivity index (χ2n) is 3.20. The Morgan fingerprint density at radius 2 is 2.25 bits per heavy atom. The van der Waals surface area contributed by atoms with Gasteiger partial charge < -0.3 is 5.73 Å². The van der Waals surface area contributed by atoms with Gasteiger partial charge in [-0.1, -0.05) is 0 Å². The monoisotopic (exact) mass is 159 g/mol. The molecule has 0 unspecified atom stereocenters. The molecular formula is C9H9N3. The van der Waals surface area contributed by atoms with Crippen molar-refractivity contribution in [1.29, 1.82) is 5.26 Å². The maximum absolute atomic E-state index is 8.88. The molecule has 0 aliphatic heterocycles. The SMILES string of the molecule is N#CC1(c2cncc(N)c2)CC1. The molecule has 1 aliphatic rings. The fraction of sp³-hybridized carbons (Fsp3) is 0.333. The average molecular weight is 159 g/mol. The highest BCUT2D eigenvalue weighted by Crippen LogP contribution is 2.47. The fourth-order valence-corrected chi connectivity index (χ4v) is 1.31. The largest absolute Gasteiger partial charge is 0.397 e. The van der Waals surface area contributed by atoms with Gasteiger partial charge in [-0.3, -0.25) is 4.98 Å². The summed E-state index contributed by atoms with van der Waals surface area (Å²) in [5.41, 5.74) is 6.90. The number of hydrogen-bond acceptors (Lipinski definition) is 3. The van der Waals surface area contributed by atoms with Crippen LogP contribution in [0.4, 0.5) is 5.69 Å². The molecule has 0 aromatic carbocycles. The molecule has 1 aromatic heterocycles. The van der Waals surface area contributed by atoms with Crippen molar-refractivity contribution >= 4 is 5.69 Å². The van der Waals surface area contributed by atoms with Gasteiger partial charge >= 0.3 is 0 Å². The smallest absolute Gasteiger partial charge is 0.0839 e. The summed E-state index contributed by atoms with van der Waals surface area (Å²) < 4.78 is 0. The molecule has 0 radical (unpaired) electrons. The van der Waals surface area contributed by atoms with Gasteiger partial charge in [0.05, 0.1) is 17.2 Å². The van der Waals surface area contributed by atoms with Crippen LogP contribution >= 0.6 is 0 Å². The summed E-state index contributed by atoms with van der Waals surface area (Å²) in [6, 6.07) is 4.14. The van der Waals surface area contributed by atoms with Crippen molar-refractivity contribution in [1.82, 2.24) is 4.98 Å². The molecule has 2 N–H and O–H groups in total. The standard InChI is InChI=1S/C9H9N3/c10-6-9(1-2-9)7-3-8(11)5-12-4-7/h3-5H,1-2,11H2. The van der Waals surface area contributed by atoms with Gasteiger partial charge in [0.2, 0.25) is 0 Å². The fourth-order valence-electron chi connectivity index (χ4n) is 1.31. The van der Waals surface area contributed by atoms with E-state index in [1.54, 1.807) is 12.4 Å². The molecule has 1 fully saturated rings. The minimum absolute atomic E-state index is 0.262. The molecule has 0 saturated heterocycles. The maximum atomic E-state index is 8.88. The van der Waals surface area contributed by atoms with Gasteiger partial charge in [0.25, 0.3) is 0 Å². The highest BCUT2D eigenvalue weighted by atomic mass is 14.7. The predicted molar refractivity (Wildman–Crippen MR) is 45.2 cm³/mol. The zero-order chi connectivity index (χ0) is 8.60. The van der Waals surface area contributed by atoms with Crippen LogP contribution in [0.15, 0.2) is 18.5 Å². The first kappa shape index (κ1) is 7.11. The van der Waals surface area contributed by atoms with E-state index >= 15 is 0 Å². The summed E-state index contributed by atoms with van der Waals surface area (Å²) >= 11 is 0. The van der Waals surface area contributed by atoms with Crippen LogP contribution in [0.2, 0.25) is 0 Å². The van der Waals surface area contributed by atoms with Crippen LogP contribution in [0.5, 0.6) is 0 Å². The molecule has 3 heteroatoms. The first-order valence-corrected chi connectivity index (χ1v) is 3.89. The first-order valence-electron chi connectivity index (χ1n) is 3.89. The lowest BCUT2D eigenvalue weighted by Gasteiger charge is -2.04. The Labute approximate surface area is 70.8 Å². The normalized spacial score (nSPS) is 18.2. The predicted octanol–water partition coefficient (Wildman–Crippen LogP) is 1.22. The van der Waals surface area contributed by atoms with Crippen molar-refractivity contribution in [3.8, 4) is 6.07 Å². The van der Waals surface area contributed by atoms with Crippen molar-refractivity contribution in [3.05, 3.63) is 24.0 Å². The number of nitrogens with zero attached hydrogens (tertiary/aromatic N) is 2. The number of hydrogen-bond donors (Lipinski definition) is 1. The maximum Gasteiger partial charge on any atom is 0.0839 e. The van der Waals surface area contributed by atoms with Gasteiger partial charge in [0.1, 0.15) is 0 Å². The summed E-state index contributed by atoms with van der Waals surface area (Å²) in [6.07, 6.45) is 5.20. The topological polar surface area (TPSA) is 62.7 Å². The van der Waals surface area contributed by atoms with E-state index in [9.17, 15) is 0 Å². The molecule has 1 aliphatic carbocycles. The molecular weight excluding hydrogens is 150 g/mol. The van der Waals surface area contributed by atoms with Gasteiger partial charge in [-0.15, -0.1) is 0 Å². The van der Waals surface area contributed by atoms with Crippen molar-refractivity contribution in [3.63, 3.8) is 0 Å². The van der Waals surface area contributed by atoms with Crippen molar-refractivity contribution in [2.75, 3.05) is 5.73 Å². The van der Waals surface area contributed by atoms with E-state index in [2.05, 4.69) is 11.1 Å². The van der Waals surface area contributed by atoms with E-state index in [0.29, 0.717) is 5.69 Å². The Morgan fingerprint density at radius 3 is 2.75 bits per heavy atom. The van der Waals surface area contributed by atoms with Crippen LogP contribution in [0.3, 0.4) is 0 Å². The lowest BCUT2D eigenvalue weighted by Crippen LogP contribution is -2.03. The lowest BCUT2D eigenvalue weighted by atomic mass is 10.00. The molecule has 0 atom stereocenters. The Hall–Kier alpha value is -1.56. The number of aromatic nitrogens is 1. The van der Waals surface area contributed by atoms with Crippen molar-refractivity contribution < 1.29 is 0 Å². The average Bonchev–Trinajstić information content (AvgIpc) is 2.84. The molecule has 3 nitrogen and oxygen atoms in total. The molecule has 0 spiro atoms. The molecule has 60 valence electrons. The van der Waals surface area contributed by atoms with Gasteiger partial charge in [0, 0.05) is 12.4 Å². The highest BCUT2D eigenvalue weighted by Gasteiger charge is 2.45. The van der Waals surface area contributed by atoms with E-state index in [4.69, 9.17) is 11.0 Å². The number of nitrogen functional groups attached to an aromatic ring is 1. The second kappa shape index (κ2) is 2.21. The van der Waals surface area contributed by atoms with Crippen LogP contribution in [-0.4, -0.2) is 4.98 Å². The summed E-state index contributed by atoms with van der Waals surface area (Å²) in [5.74, 6) is 0. The summed E-state index contributed by atoms with van der Waals surface area (Å²) in [4.78, 5) is 3.96. The highest BCUT2D eigenvalue weighted by molar-refractivity contribution is 5.45. The summed E-state index contributed by atoms with van der Waals surface area (Å²) in [5, 5.41) is 8.88. The van der Waals surface area contributed by atoms with Crippen LogP contribution in [0.1, 0.15) is 18.4 Å². The number of pyridine rings is 1. The van der Waals surface area contributed by atoms with Gasteiger partial charge in [0.15, 0.2) is 0 Å². The Bertz CT molecular complexity index is 347. The molecule has 1 aromatic rings. The van der Waals surface area contributed by atoms with Gasteiger partial charge in [-0.05, 0) is 24.5 Å². The van der Waals surface area contributed by atoms with Gasteiger partial charge in [-0.2, -0.15) is 5.26 Å². The van der Waals surface area contributed by atoms with E-state index in [1.165, 1.54) is 0 Å². The minimum atomic E-state index is -0.262. The number of nitrogens with two attached hydrogens (primary N) is 1. The second-order valence-corrected chi connectivity index (χ2v) is 3.20. The molecule has 0 bridgehead atoms. The Balaban J connectivity index is 2.42. The van der Waals surface area contributed by atoms with Crippen molar-refractivity contribution in [2.45, 2.75) is 18.3 Å². The number of rotatable bonds is 1. The van der Waals surface area contributed by atoms with Crippen LogP contribution < -0.4 is 5.73 Å². The Kier molecular flexibility index (Phi) is 1.31. The molecule has 1 heterocycles. The van der Waals surface area contributed by atoms with Crippen molar-refractivity contribution in [2.24, 2.45) is 0 Å². The number of nitriles is 1. The van der Waals surface area contributed by atoms with E-state index in [1.807, 2.05) is 6.07 Å². The molecule has 2 rings (SSSR count). The third-order valence-corrected chi connectivity index (χ3v) is 2.28. The number of anilines is 1. The molecule has 0 amide bonds. The zero-order valence-corrected chi connectivity index (χ0v) is 6.62. The first-order chi connectivity index (χ1) is 5.77. The van der Waals surface area contributed by atoms with Crippen LogP contribution in [0.25, 0.3) is 0 Å². The minimum Gasteiger partial charge on any atom is -0.397 e. The van der Waals surface area contributed by atoms with Crippen LogP contribution in [0, 0.1) is 11.3 Å². The lowest BCUT2D eigenvalue weighted by molar-refractivity contribution is 0.898. The summed E-state index contributed by atoms with van der Waals surface area (Å²) in [7, 11) is 0. The van der Waals surface area contributed by atoms with Crippen LogP contribution in [-0.2, 0) is 5.41 Å². The molecule has 12 heavy (non-hydrogen) atoms. The van der Waals surface area contributed by atoms with E-state index < -0.39 is 0 Å². The zero-order valence-electron chi connectivity index (χ0n) is 6.62. The summed E-state index contributed by atoms with van der Waals surface area (Å²) in [6.45, 7) is 0. The van der Waals surface area contributed by atoms with E-state index in [-0.39, 0.29) is 5.41 Å². The third kappa shape index (κ3) is 0.928. The third-order valence-electron chi connectivity index (χ3n) is 2.28. The van der Waals surface area contributed by atoms with E-state index in [0.717, 1.165) is 18.4 Å². The Morgan fingerprint density at radius 1 is 1.50 bits per heavy atom.